The van der Waals surface area contributed by atoms with Gasteiger partial charge in [-0.1, -0.05) is 19.9 Å². The molecule has 1 amide bonds. The maximum absolute atomic E-state index is 12.8. The highest BCUT2D eigenvalue weighted by Gasteiger charge is 2.24. The zero-order valence-electron chi connectivity index (χ0n) is 15.0. The van der Waals surface area contributed by atoms with Crippen LogP contribution in [0.3, 0.4) is 0 Å². The molecule has 0 spiro atoms. The normalized spacial score (nSPS) is 18.4. The largest absolute Gasteiger partial charge is 0.382 e. The number of halogens is 2. The van der Waals surface area contributed by atoms with Gasteiger partial charge in [-0.3, -0.25) is 4.79 Å². The number of hydrogen-bond acceptors (Lipinski definition) is 3. The molecule has 1 heterocycles. The Bertz CT molecular complexity index is 537. The van der Waals surface area contributed by atoms with Gasteiger partial charge >= 0.3 is 0 Å². The van der Waals surface area contributed by atoms with Crippen LogP contribution in [0.2, 0.25) is 0 Å². The van der Waals surface area contributed by atoms with Crippen LogP contribution in [0.4, 0.5) is 5.69 Å². The number of nitrogens with zero attached hydrogens (tertiary/aromatic N) is 1. The Morgan fingerprint density at radius 2 is 1.96 bits per heavy atom. The van der Waals surface area contributed by atoms with E-state index in [2.05, 4.69) is 26.1 Å². The Kier molecular flexibility index (Phi) is 9.71. The van der Waals surface area contributed by atoms with E-state index in [4.69, 9.17) is 5.73 Å². The van der Waals surface area contributed by atoms with E-state index in [9.17, 15) is 4.79 Å². The molecule has 4 nitrogen and oxygen atoms in total. The summed E-state index contributed by atoms with van der Waals surface area (Å²) in [6, 6.07) is 6.41. The molecule has 2 rings (SSSR count). The van der Waals surface area contributed by atoms with Crippen LogP contribution in [-0.4, -0.2) is 36.0 Å². The highest BCUT2D eigenvalue weighted by Crippen LogP contribution is 2.23. The summed E-state index contributed by atoms with van der Waals surface area (Å²) in [5.74, 6) is 0.646. The quantitative estimate of drug-likeness (QED) is 0.839. The van der Waals surface area contributed by atoms with Gasteiger partial charge in [0.25, 0.3) is 5.91 Å². The van der Waals surface area contributed by atoms with E-state index < -0.39 is 0 Å². The molecule has 0 saturated carbocycles. The molecule has 0 radical (unpaired) electrons. The molecule has 1 aromatic rings. The number of hydrogen-bond donors (Lipinski definition) is 2. The topological polar surface area (TPSA) is 58.4 Å². The fourth-order valence-electron chi connectivity index (χ4n) is 2.80. The van der Waals surface area contributed by atoms with Crippen molar-refractivity contribution in [3.63, 3.8) is 0 Å². The zero-order chi connectivity index (χ0) is 16.3. The molecule has 1 fully saturated rings. The Morgan fingerprint density at radius 1 is 1.29 bits per heavy atom. The number of nitrogens with one attached hydrogen (secondary N) is 1. The van der Waals surface area contributed by atoms with E-state index >= 15 is 0 Å². The summed E-state index contributed by atoms with van der Waals surface area (Å²) in [6.45, 7) is 10.0. The second-order valence-electron chi connectivity index (χ2n) is 6.81. The van der Waals surface area contributed by atoms with Gasteiger partial charge < -0.3 is 16.0 Å². The lowest BCUT2D eigenvalue weighted by molar-refractivity contribution is 0.0708. The molecule has 2 unspecified atom stereocenters. The monoisotopic (exact) mass is 375 g/mol. The van der Waals surface area contributed by atoms with Crippen LogP contribution in [0, 0.1) is 12.8 Å². The molecular formula is C18H31Cl2N3O. The zero-order valence-corrected chi connectivity index (χ0v) is 16.7. The van der Waals surface area contributed by atoms with Crippen molar-refractivity contribution in [1.82, 2.24) is 4.90 Å². The summed E-state index contributed by atoms with van der Waals surface area (Å²) >= 11 is 0. The van der Waals surface area contributed by atoms with Gasteiger partial charge in [-0.15, -0.1) is 24.8 Å². The number of benzene rings is 1. The lowest BCUT2D eigenvalue weighted by Gasteiger charge is -2.31. The summed E-state index contributed by atoms with van der Waals surface area (Å²) in [6.07, 6.45) is 2.00. The van der Waals surface area contributed by atoms with Crippen LogP contribution >= 0.6 is 24.8 Å². The third kappa shape index (κ3) is 5.54. The van der Waals surface area contributed by atoms with Crippen molar-refractivity contribution < 1.29 is 4.79 Å². The summed E-state index contributed by atoms with van der Waals surface area (Å²) in [4.78, 5) is 14.7. The molecule has 6 heteroatoms. The number of rotatable bonds is 4. The first kappa shape index (κ1) is 23.0. The minimum Gasteiger partial charge on any atom is -0.382 e. The van der Waals surface area contributed by atoms with E-state index in [1.54, 1.807) is 0 Å². The maximum Gasteiger partial charge on any atom is 0.254 e. The van der Waals surface area contributed by atoms with Gasteiger partial charge in [0.2, 0.25) is 0 Å². The lowest BCUT2D eigenvalue weighted by Crippen LogP contribution is -2.45. The molecule has 2 atom stereocenters. The van der Waals surface area contributed by atoms with Crippen molar-refractivity contribution in [1.29, 1.82) is 0 Å². The van der Waals surface area contributed by atoms with E-state index in [-0.39, 0.29) is 36.8 Å². The van der Waals surface area contributed by atoms with Crippen LogP contribution < -0.4 is 11.1 Å². The van der Waals surface area contributed by atoms with E-state index in [1.165, 1.54) is 0 Å². The van der Waals surface area contributed by atoms with Crippen LogP contribution in [0.25, 0.3) is 0 Å². The second kappa shape index (κ2) is 10.1. The fraction of sp³-hybridized carbons (Fsp3) is 0.611. The van der Waals surface area contributed by atoms with Crippen molar-refractivity contribution in [2.24, 2.45) is 11.7 Å². The lowest BCUT2D eigenvalue weighted by atomic mass is 10.0. The van der Waals surface area contributed by atoms with Crippen molar-refractivity contribution in [3.05, 3.63) is 29.3 Å². The molecule has 0 aliphatic carbocycles. The molecule has 3 N–H and O–H groups in total. The van der Waals surface area contributed by atoms with Crippen molar-refractivity contribution >= 4 is 36.4 Å². The molecule has 1 aliphatic heterocycles. The van der Waals surface area contributed by atoms with Crippen LogP contribution in [0.1, 0.15) is 49.5 Å². The van der Waals surface area contributed by atoms with E-state index in [0.717, 1.165) is 36.2 Å². The first-order valence-corrected chi connectivity index (χ1v) is 8.31. The Balaban J connectivity index is 0.00000264. The molecule has 0 bridgehead atoms. The van der Waals surface area contributed by atoms with Gasteiger partial charge in [0.15, 0.2) is 0 Å². The highest BCUT2D eigenvalue weighted by molar-refractivity contribution is 5.97. The summed E-state index contributed by atoms with van der Waals surface area (Å²) in [5, 5.41) is 3.52. The molecule has 1 aromatic carbocycles. The number of amides is 1. The molecule has 24 heavy (non-hydrogen) atoms. The predicted octanol–water partition coefficient (Wildman–Crippen LogP) is 3.86. The number of carbonyl (C=O) groups excluding carboxylic acids is 1. The number of carbonyl (C=O) groups is 1. The van der Waals surface area contributed by atoms with Gasteiger partial charge in [-0.2, -0.15) is 0 Å². The minimum atomic E-state index is 0. The molecule has 0 aromatic heterocycles. The average molecular weight is 376 g/mol. The Labute approximate surface area is 158 Å². The van der Waals surface area contributed by atoms with Gasteiger partial charge in [0, 0.05) is 36.4 Å². The van der Waals surface area contributed by atoms with Gasteiger partial charge in [0.05, 0.1) is 0 Å². The molecule has 138 valence electrons. The van der Waals surface area contributed by atoms with Crippen LogP contribution in [0.15, 0.2) is 18.2 Å². The minimum absolute atomic E-state index is 0. The standard InChI is InChI=1S/C18H29N3O.2ClH/c1-12(2)14(4)20-17-9-5-8-16(13(17)3)18(22)21-10-6-7-15(19)11-21;;/h5,8-9,12,14-15,20H,6-7,10-11,19H2,1-4H3;2*1H. The summed E-state index contributed by atoms with van der Waals surface area (Å²) in [7, 11) is 0. The highest BCUT2D eigenvalue weighted by atomic mass is 35.5. The number of nitrogens with two attached hydrogens (primary N) is 1. The van der Waals surface area contributed by atoms with Gasteiger partial charge in [-0.25, -0.2) is 0 Å². The number of anilines is 1. The molecule has 1 aliphatic rings. The Hall–Kier alpha value is -0.970. The third-order valence-corrected chi connectivity index (χ3v) is 4.69. The summed E-state index contributed by atoms with van der Waals surface area (Å²) < 4.78 is 0. The van der Waals surface area contributed by atoms with Crippen LogP contribution in [-0.2, 0) is 0 Å². The molecule has 1 saturated heterocycles. The van der Waals surface area contributed by atoms with Crippen molar-refractivity contribution in [2.75, 3.05) is 18.4 Å². The third-order valence-electron chi connectivity index (χ3n) is 4.69. The fourth-order valence-corrected chi connectivity index (χ4v) is 2.80. The van der Waals surface area contributed by atoms with Gasteiger partial charge in [-0.05, 0) is 50.3 Å². The van der Waals surface area contributed by atoms with Gasteiger partial charge in [0.1, 0.15) is 0 Å². The first-order chi connectivity index (χ1) is 10.4. The van der Waals surface area contributed by atoms with E-state index in [0.29, 0.717) is 18.5 Å². The SMILES string of the molecule is Cc1c(NC(C)C(C)C)cccc1C(=O)N1CCCC(N)C1.Cl.Cl. The maximum atomic E-state index is 12.8. The second-order valence-corrected chi connectivity index (χ2v) is 6.81. The van der Waals surface area contributed by atoms with Crippen molar-refractivity contribution in [3.8, 4) is 0 Å². The Morgan fingerprint density at radius 3 is 2.54 bits per heavy atom. The number of piperidine rings is 1. The average Bonchev–Trinajstić information content (AvgIpc) is 2.48. The smallest absolute Gasteiger partial charge is 0.254 e. The first-order valence-electron chi connectivity index (χ1n) is 8.31. The van der Waals surface area contributed by atoms with Crippen molar-refractivity contribution in [2.45, 2.75) is 52.6 Å². The van der Waals surface area contributed by atoms with E-state index in [1.807, 2.05) is 30.0 Å². The number of likely N-dealkylation sites (tertiary alicyclic amines) is 1. The predicted molar refractivity (Wildman–Crippen MR) is 107 cm³/mol. The molecular weight excluding hydrogens is 345 g/mol. The van der Waals surface area contributed by atoms with Crippen LogP contribution in [0.5, 0.6) is 0 Å². The summed E-state index contributed by atoms with van der Waals surface area (Å²) in [5.41, 5.74) is 8.87.